The maximum Gasteiger partial charge on any atom is 0.329 e. The van der Waals surface area contributed by atoms with Crippen molar-refractivity contribution in [1.82, 2.24) is 4.98 Å². The molecule has 3 rings (SSSR count). The lowest BCUT2D eigenvalue weighted by Gasteiger charge is -1.93. The van der Waals surface area contributed by atoms with E-state index in [1.807, 2.05) is 6.08 Å². The lowest BCUT2D eigenvalue weighted by Crippen LogP contribution is -2.16. The molecule has 1 aromatic carbocycles. The van der Waals surface area contributed by atoms with E-state index in [4.69, 9.17) is 5.11 Å². The molecule has 0 saturated carbocycles. The minimum atomic E-state index is -0.892. The van der Waals surface area contributed by atoms with Crippen LogP contribution in [0.3, 0.4) is 0 Å². The first-order valence-electron chi connectivity index (χ1n) is 5.83. The number of carboxylic acids is 1. The number of aliphatic carboxylic acids is 1. The number of hydrogen-bond acceptors (Lipinski definition) is 6. The summed E-state index contributed by atoms with van der Waals surface area (Å²) in [6, 6.07) is 4.39. The first kappa shape index (κ1) is 13.1. The average molecular weight is 306 g/mol. The van der Waals surface area contributed by atoms with E-state index in [2.05, 4.69) is 9.98 Å². The molecule has 0 aliphatic carbocycles. The second kappa shape index (κ2) is 5.26. The van der Waals surface area contributed by atoms with Gasteiger partial charge in [-0.3, -0.25) is 4.99 Å². The van der Waals surface area contributed by atoms with Crippen molar-refractivity contribution in [1.29, 1.82) is 0 Å². The van der Waals surface area contributed by atoms with Gasteiger partial charge in [-0.2, -0.15) is 0 Å². The first-order valence-corrected chi connectivity index (χ1v) is 7.63. The molecule has 1 aliphatic rings. The van der Waals surface area contributed by atoms with Crippen LogP contribution in [0.5, 0.6) is 5.75 Å². The number of hydrogen-bond donors (Lipinski definition) is 2. The summed E-state index contributed by atoms with van der Waals surface area (Å²) >= 11 is 2.89. The smallest absolute Gasteiger partial charge is 0.329 e. The summed E-state index contributed by atoms with van der Waals surface area (Å²) in [7, 11) is 0. The lowest BCUT2D eigenvalue weighted by molar-refractivity contribution is -0.137. The molecule has 0 amide bonds. The number of aromatic nitrogens is 1. The van der Waals surface area contributed by atoms with Crippen molar-refractivity contribution in [2.45, 2.75) is 6.04 Å². The van der Waals surface area contributed by atoms with Crippen LogP contribution in [0.25, 0.3) is 16.3 Å². The average Bonchev–Trinajstić information content (AvgIpc) is 3.01. The fraction of sp³-hybridized carbons (Fsp3) is 0.154. The van der Waals surface area contributed by atoms with E-state index in [1.165, 1.54) is 23.1 Å². The molecule has 1 aliphatic heterocycles. The summed E-state index contributed by atoms with van der Waals surface area (Å²) in [5.41, 5.74) is 0.830. The lowest BCUT2D eigenvalue weighted by atomic mass is 10.3. The Morgan fingerprint density at radius 1 is 1.40 bits per heavy atom. The summed E-state index contributed by atoms with van der Waals surface area (Å²) in [5, 5.41) is 19.8. The van der Waals surface area contributed by atoms with E-state index in [1.54, 1.807) is 24.3 Å². The highest BCUT2D eigenvalue weighted by Crippen LogP contribution is 2.27. The fourth-order valence-electron chi connectivity index (χ4n) is 1.76. The molecule has 0 bridgehead atoms. The summed E-state index contributed by atoms with van der Waals surface area (Å²) in [6.07, 6.45) is 3.60. The number of thiazole rings is 1. The van der Waals surface area contributed by atoms with E-state index < -0.39 is 12.0 Å². The maximum atomic E-state index is 10.8. The zero-order chi connectivity index (χ0) is 14.1. The monoisotopic (exact) mass is 306 g/mol. The molecule has 5 nitrogen and oxygen atoms in total. The number of nitrogens with zero attached hydrogens (tertiary/aromatic N) is 2. The van der Waals surface area contributed by atoms with E-state index in [0.717, 1.165) is 15.2 Å². The predicted molar refractivity (Wildman–Crippen MR) is 81.6 cm³/mol. The summed E-state index contributed by atoms with van der Waals surface area (Å²) in [5.74, 6) is -0.198. The van der Waals surface area contributed by atoms with Crippen LogP contribution in [0.15, 0.2) is 29.3 Å². The highest BCUT2D eigenvalue weighted by Gasteiger charge is 2.22. The Morgan fingerprint density at radius 2 is 2.25 bits per heavy atom. The van der Waals surface area contributed by atoms with Gasteiger partial charge in [0.25, 0.3) is 0 Å². The number of thioether (sulfide) groups is 1. The standard InChI is InChI=1S/C13H10N2O3S2/c16-7-1-2-8-10(5-7)20-12(14-8)4-3-11-15-9(6-19-11)13(17)18/h1-5,9,16H,6H2,(H,17,18)/b4-3+. The van der Waals surface area contributed by atoms with Gasteiger partial charge in [0.15, 0.2) is 6.04 Å². The SMILES string of the molecule is O=C(O)C1CSC(/C=C/c2nc3ccc(O)cc3s2)=N1. The Kier molecular flexibility index (Phi) is 3.45. The van der Waals surface area contributed by atoms with Crippen molar-refractivity contribution in [2.24, 2.45) is 4.99 Å². The number of carbonyl (C=O) groups is 1. The van der Waals surface area contributed by atoms with Gasteiger partial charge in [-0.15, -0.1) is 23.1 Å². The van der Waals surface area contributed by atoms with Gasteiger partial charge in [0, 0.05) is 5.75 Å². The second-order valence-electron chi connectivity index (χ2n) is 4.17. The Balaban J connectivity index is 1.81. The van der Waals surface area contributed by atoms with Gasteiger partial charge in [-0.05, 0) is 30.4 Å². The van der Waals surface area contributed by atoms with Crippen LogP contribution in [-0.4, -0.2) is 38.0 Å². The van der Waals surface area contributed by atoms with Gasteiger partial charge >= 0.3 is 5.97 Å². The number of fused-ring (bicyclic) bond motifs is 1. The Morgan fingerprint density at radius 3 is 3.00 bits per heavy atom. The highest BCUT2D eigenvalue weighted by atomic mass is 32.2. The minimum absolute atomic E-state index is 0.219. The molecule has 0 fully saturated rings. The number of phenols is 1. The van der Waals surface area contributed by atoms with Gasteiger partial charge in [-0.1, -0.05) is 0 Å². The van der Waals surface area contributed by atoms with Crippen molar-refractivity contribution in [3.05, 3.63) is 29.3 Å². The molecule has 102 valence electrons. The van der Waals surface area contributed by atoms with Crippen LogP contribution >= 0.6 is 23.1 Å². The molecule has 0 spiro atoms. The molecule has 1 aromatic heterocycles. The normalized spacial score (nSPS) is 18.8. The van der Waals surface area contributed by atoms with Gasteiger partial charge < -0.3 is 10.2 Å². The third-order valence-corrected chi connectivity index (χ3v) is 4.72. The van der Waals surface area contributed by atoms with Crippen LogP contribution in [0.1, 0.15) is 5.01 Å². The van der Waals surface area contributed by atoms with Crippen LogP contribution < -0.4 is 0 Å². The molecule has 20 heavy (non-hydrogen) atoms. The van der Waals surface area contributed by atoms with E-state index in [9.17, 15) is 9.90 Å². The number of phenolic OH excluding ortho intramolecular Hbond substituents is 1. The van der Waals surface area contributed by atoms with Crippen molar-refractivity contribution in [2.75, 3.05) is 5.75 Å². The van der Waals surface area contributed by atoms with Crippen LogP contribution in [0, 0.1) is 0 Å². The Bertz CT molecular complexity index is 736. The van der Waals surface area contributed by atoms with Gasteiger partial charge in [0.05, 0.1) is 15.3 Å². The third kappa shape index (κ3) is 2.68. The number of rotatable bonds is 3. The topological polar surface area (TPSA) is 82.8 Å². The molecule has 2 heterocycles. The second-order valence-corrected chi connectivity index (χ2v) is 6.27. The molecule has 0 radical (unpaired) electrons. The molecule has 0 saturated heterocycles. The fourth-order valence-corrected chi connectivity index (χ4v) is 3.57. The van der Waals surface area contributed by atoms with Crippen LogP contribution in [-0.2, 0) is 4.79 Å². The van der Waals surface area contributed by atoms with Gasteiger partial charge in [0.1, 0.15) is 10.8 Å². The Hall–Kier alpha value is -1.86. The predicted octanol–water partition coefficient (Wildman–Crippen LogP) is 2.61. The number of carboxylic acid groups (broad SMARTS) is 1. The van der Waals surface area contributed by atoms with Crippen LogP contribution in [0.4, 0.5) is 0 Å². The molecular formula is C13H10N2O3S2. The van der Waals surface area contributed by atoms with E-state index in [-0.39, 0.29) is 5.75 Å². The van der Waals surface area contributed by atoms with Crippen LogP contribution in [0.2, 0.25) is 0 Å². The zero-order valence-corrected chi connectivity index (χ0v) is 11.8. The number of benzene rings is 1. The van der Waals surface area contributed by atoms with Crippen molar-refractivity contribution >= 4 is 50.4 Å². The molecule has 1 unspecified atom stereocenters. The molecule has 2 aromatic rings. The molecule has 7 heteroatoms. The number of aromatic hydroxyl groups is 1. The summed E-state index contributed by atoms with van der Waals surface area (Å²) in [4.78, 5) is 19.3. The third-order valence-electron chi connectivity index (χ3n) is 2.71. The zero-order valence-electron chi connectivity index (χ0n) is 10.2. The molecule has 1 atom stereocenters. The quantitative estimate of drug-likeness (QED) is 0.911. The molecular weight excluding hydrogens is 296 g/mol. The van der Waals surface area contributed by atoms with Crippen molar-refractivity contribution in [3.8, 4) is 5.75 Å². The maximum absolute atomic E-state index is 10.8. The summed E-state index contributed by atoms with van der Waals surface area (Å²) < 4.78 is 0.911. The number of aliphatic imine (C=N–C) groups is 1. The van der Waals surface area contributed by atoms with Gasteiger partial charge in [-0.25, -0.2) is 9.78 Å². The first-order chi connectivity index (χ1) is 9.61. The van der Waals surface area contributed by atoms with E-state index >= 15 is 0 Å². The minimum Gasteiger partial charge on any atom is -0.508 e. The largest absolute Gasteiger partial charge is 0.508 e. The Labute approximate surface area is 122 Å². The van der Waals surface area contributed by atoms with Gasteiger partial charge in [0.2, 0.25) is 0 Å². The summed E-state index contributed by atoms with van der Waals surface area (Å²) in [6.45, 7) is 0. The highest BCUT2D eigenvalue weighted by molar-refractivity contribution is 8.14. The van der Waals surface area contributed by atoms with Crippen molar-refractivity contribution in [3.63, 3.8) is 0 Å². The molecule has 2 N–H and O–H groups in total. The van der Waals surface area contributed by atoms with Crippen molar-refractivity contribution < 1.29 is 15.0 Å². The van der Waals surface area contributed by atoms with E-state index in [0.29, 0.717) is 10.8 Å².